The van der Waals surface area contributed by atoms with Crippen molar-refractivity contribution in [3.05, 3.63) is 70.1 Å². The van der Waals surface area contributed by atoms with Crippen LogP contribution >= 0.6 is 11.6 Å². The van der Waals surface area contributed by atoms with E-state index in [9.17, 15) is 13.2 Å². The van der Waals surface area contributed by atoms with Crippen LogP contribution in [0.25, 0.3) is 6.08 Å². The van der Waals surface area contributed by atoms with Gasteiger partial charge in [0.15, 0.2) is 6.61 Å². The number of hydrogen-bond donors (Lipinski definition) is 0. The van der Waals surface area contributed by atoms with Crippen LogP contribution in [0.15, 0.2) is 53.9 Å². The summed E-state index contributed by atoms with van der Waals surface area (Å²) in [4.78, 5) is 14.0. The number of rotatable bonds is 6. The summed E-state index contributed by atoms with van der Waals surface area (Å²) in [6.07, 6.45) is 1.58. The molecule has 29 heavy (non-hydrogen) atoms. The smallest absolute Gasteiger partial charge is 0.260 e. The molecule has 3 rings (SSSR count). The van der Waals surface area contributed by atoms with Gasteiger partial charge in [0.25, 0.3) is 5.91 Å². The van der Waals surface area contributed by atoms with Crippen LogP contribution in [0.5, 0.6) is 5.75 Å². The van der Waals surface area contributed by atoms with Gasteiger partial charge in [0.1, 0.15) is 5.75 Å². The predicted molar refractivity (Wildman–Crippen MR) is 114 cm³/mol. The van der Waals surface area contributed by atoms with E-state index in [-0.39, 0.29) is 25.6 Å². The van der Waals surface area contributed by atoms with Crippen molar-refractivity contribution >= 4 is 33.6 Å². The van der Waals surface area contributed by atoms with E-state index in [1.54, 1.807) is 29.2 Å². The number of carbonyl (C=O) groups excluding carboxylic acids is 1. The second-order valence-corrected chi connectivity index (χ2v) is 8.99. The first-order chi connectivity index (χ1) is 13.8. The Morgan fingerprint density at radius 1 is 1.10 bits per heavy atom. The fourth-order valence-corrected chi connectivity index (χ4v) is 4.41. The van der Waals surface area contributed by atoms with Crippen LogP contribution in [0.2, 0.25) is 5.02 Å². The molecule has 1 heterocycles. The molecular weight excluding hydrogens is 412 g/mol. The highest BCUT2D eigenvalue weighted by Crippen LogP contribution is 2.22. The van der Waals surface area contributed by atoms with Gasteiger partial charge in [-0.1, -0.05) is 41.9 Å². The Labute approximate surface area is 176 Å². The summed E-state index contributed by atoms with van der Waals surface area (Å²) in [7, 11) is -3.52. The lowest BCUT2D eigenvalue weighted by molar-refractivity contribution is -0.134. The van der Waals surface area contributed by atoms with E-state index < -0.39 is 10.0 Å². The van der Waals surface area contributed by atoms with Crippen molar-refractivity contribution in [2.24, 2.45) is 0 Å². The number of sulfonamides is 1. The Morgan fingerprint density at radius 2 is 1.79 bits per heavy atom. The molecule has 0 radical (unpaired) electrons. The molecule has 8 heteroatoms. The molecule has 154 valence electrons. The molecule has 0 saturated carbocycles. The Balaban J connectivity index is 1.51. The lowest BCUT2D eigenvalue weighted by Gasteiger charge is -2.33. The van der Waals surface area contributed by atoms with Crippen molar-refractivity contribution in [1.29, 1.82) is 0 Å². The highest BCUT2D eigenvalue weighted by atomic mass is 35.5. The summed E-state index contributed by atoms with van der Waals surface area (Å²) in [6.45, 7) is 2.95. The second kappa shape index (κ2) is 9.43. The lowest BCUT2D eigenvalue weighted by atomic mass is 10.2. The number of piperazine rings is 1. The zero-order valence-corrected chi connectivity index (χ0v) is 17.7. The molecule has 2 aromatic carbocycles. The number of hydrogen-bond acceptors (Lipinski definition) is 4. The molecule has 0 aromatic heterocycles. The first-order valence-corrected chi connectivity index (χ1v) is 11.1. The monoisotopic (exact) mass is 434 g/mol. The zero-order chi connectivity index (χ0) is 20.9. The third-order valence-corrected chi connectivity index (χ3v) is 6.47. The van der Waals surface area contributed by atoms with Gasteiger partial charge in [-0.2, -0.15) is 4.31 Å². The molecule has 0 bridgehead atoms. The van der Waals surface area contributed by atoms with Gasteiger partial charge in [0, 0.05) is 36.6 Å². The molecular formula is C21H23ClN2O4S. The summed E-state index contributed by atoms with van der Waals surface area (Å²) in [5.41, 5.74) is 1.67. The van der Waals surface area contributed by atoms with Gasteiger partial charge in [0.2, 0.25) is 10.0 Å². The average Bonchev–Trinajstić information content (AvgIpc) is 2.72. The predicted octanol–water partition coefficient (Wildman–Crippen LogP) is 3.17. The first-order valence-electron chi connectivity index (χ1n) is 9.25. The van der Waals surface area contributed by atoms with Gasteiger partial charge in [-0.05, 0) is 42.3 Å². The third-order valence-electron chi connectivity index (χ3n) is 4.67. The Kier molecular flexibility index (Phi) is 6.95. The third kappa shape index (κ3) is 5.82. The van der Waals surface area contributed by atoms with Crippen LogP contribution in [-0.2, 0) is 14.8 Å². The average molecular weight is 435 g/mol. The van der Waals surface area contributed by atoms with Gasteiger partial charge in [-0.25, -0.2) is 8.42 Å². The summed E-state index contributed by atoms with van der Waals surface area (Å²) in [5.74, 6) is 0.436. The molecule has 0 spiro atoms. The summed E-state index contributed by atoms with van der Waals surface area (Å²) >= 11 is 5.92. The van der Waals surface area contributed by atoms with Crippen molar-refractivity contribution in [2.75, 3.05) is 32.8 Å². The molecule has 0 atom stereocenters. The van der Waals surface area contributed by atoms with Crippen LogP contribution in [-0.4, -0.2) is 56.3 Å². The number of ether oxygens (including phenoxy) is 1. The van der Waals surface area contributed by atoms with E-state index in [1.165, 1.54) is 9.71 Å². The molecule has 1 fully saturated rings. The van der Waals surface area contributed by atoms with E-state index in [2.05, 4.69) is 0 Å². The van der Waals surface area contributed by atoms with Crippen molar-refractivity contribution in [2.45, 2.75) is 6.92 Å². The minimum absolute atomic E-state index is 0.0941. The van der Waals surface area contributed by atoms with Crippen molar-refractivity contribution < 1.29 is 17.9 Å². The van der Waals surface area contributed by atoms with Gasteiger partial charge >= 0.3 is 0 Å². The second-order valence-electron chi connectivity index (χ2n) is 6.74. The Morgan fingerprint density at radius 3 is 2.45 bits per heavy atom. The first kappa shape index (κ1) is 21.4. The quantitative estimate of drug-likeness (QED) is 0.700. The maximum Gasteiger partial charge on any atom is 0.260 e. The molecule has 2 aromatic rings. The minimum atomic E-state index is -3.52. The molecule has 0 N–H and O–H groups in total. The fourth-order valence-electron chi connectivity index (χ4n) is 3.01. The largest absolute Gasteiger partial charge is 0.483 e. The SMILES string of the molecule is Cc1cc(Cl)ccc1OCC(=O)N1CCN(S(=O)(=O)/C=C/c2ccccc2)CC1. The van der Waals surface area contributed by atoms with Gasteiger partial charge in [0.05, 0.1) is 0 Å². The molecule has 1 amide bonds. The molecule has 1 saturated heterocycles. The topological polar surface area (TPSA) is 66.9 Å². The van der Waals surface area contributed by atoms with Crippen LogP contribution in [0.1, 0.15) is 11.1 Å². The fraction of sp³-hybridized carbons (Fsp3) is 0.286. The standard InChI is InChI=1S/C21H23ClN2O4S/c1-17-15-19(22)7-8-20(17)28-16-21(25)23-10-12-24(13-11-23)29(26,27)14-9-18-5-3-2-4-6-18/h2-9,14-15H,10-13,16H2,1H3/b14-9+. The number of amides is 1. The number of carbonyl (C=O) groups is 1. The van der Waals surface area contributed by atoms with Crippen LogP contribution < -0.4 is 4.74 Å². The van der Waals surface area contributed by atoms with Gasteiger partial charge in [-0.3, -0.25) is 4.79 Å². The van der Waals surface area contributed by atoms with Crippen LogP contribution in [0, 0.1) is 6.92 Å². The number of nitrogens with zero attached hydrogens (tertiary/aromatic N) is 2. The Bertz CT molecular complexity index is 985. The van der Waals surface area contributed by atoms with E-state index in [0.29, 0.717) is 23.9 Å². The highest BCUT2D eigenvalue weighted by Gasteiger charge is 2.27. The molecule has 6 nitrogen and oxygen atoms in total. The van der Waals surface area contributed by atoms with E-state index in [1.807, 2.05) is 37.3 Å². The maximum absolute atomic E-state index is 12.5. The van der Waals surface area contributed by atoms with Crippen molar-refractivity contribution in [3.63, 3.8) is 0 Å². The van der Waals surface area contributed by atoms with Crippen LogP contribution in [0.4, 0.5) is 0 Å². The van der Waals surface area contributed by atoms with E-state index in [4.69, 9.17) is 16.3 Å². The molecule has 1 aliphatic heterocycles. The van der Waals surface area contributed by atoms with Gasteiger partial charge < -0.3 is 9.64 Å². The van der Waals surface area contributed by atoms with E-state index in [0.717, 1.165) is 11.1 Å². The number of benzene rings is 2. The summed E-state index contributed by atoms with van der Waals surface area (Å²) < 4.78 is 32.0. The summed E-state index contributed by atoms with van der Waals surface area (Å²) in [6, 6.07) is 14.5. The number of aryl methyl sites for hydroxylation is 1. The number of halogens is 1. The van der Waals surface area contributed by atoms with Crippen LogP contribution in [0.3, 0.4) is 0 Å². The lowest BCUT2D eigenvalue weighted by Crippen LogP contribution is -2.51. The molecule has 0 unspecified atom stereocenters. The van der Waals surface area contributed by atoms with Crippen molar-refractivity contribution in [1.82, 2.24) is 9.21 Å². The van der Waals surface area contributed by atoms with E-state index >= 15 is 0 Å². The van der Waals surface area contributed by atoms with Crippen molar-refractivity contribution in [3.8, 4) is 5.75 Å². The molecule has 1 aliphatic rings. The minimum Gasteiger partial charge on any atom is -0.483 e. The maximum atomic E-state index is 12.5. The molecule has 0 aliphatic carbocycles. The normalized spacial score (nSPS) is 15.6. The summed E-state index contributed by atoms with van der Waals surface area (Å²) in [5, 5.41) is 1.83. The Hall–Kier alpha value is -2.35. The zero-order valence-electron chi connectivity index (χ0n) is 16.1. The van der Waals surface area contributed by atoms with Gasteiger partial charge in [-0.15, -0.1) is 0 Å². The highest BCUT2D eigenvalue weighted by molar-refractivity contribution is 7.92.